The van der Waals surface area contributed by atoms with Gasteiger partial charge >= 0.3 is 0 Å². The van der Waals surface area contributed by atoms with Gasteiger partial charge in [-0.2, -0.15) is 0 Å². The van der Waals surface area contributed by atoms with Gasteiger partial charge in [0.15, 0.2) is 0 Å². The Balaban J connectivity index is 1.98. The lowest BCUT2D eigenvalue weighted by Crippen LogP contribution is -2.35. The SMILES string of the molecule is Cc1ccc(C(=O)N2CCCc3cc(N)ccc32)cc1Br. The number of nitrogen functional groups attached to an aromatic ring is 1. The maximum atomic E-state index is 12.8. The Hall–Kier alpha value is -1.81. The molecule has 2 N–H and O–H groups in total. The van der Waals surface area contributed by atoms with Crippen molar-refractivity contribution < 1.29 is 4.79 Å². The molecule has 0 radical (unpaired) electrons. The summed E-state index contributed by atoms with van der Waals surface area (Å²) in [6, 6.07) is 11.5. The van der Waals surface area contributed by atoms with Gasteiger partial charge in [-0.1, -0.05) is 22.0 Å². The number of rotatable bonds is 1. The Morgan fingerprint density at radius 2 is 2.05 bits per heavy atom. The summed E-state index contributed by atoms with van der Waals surface area (Å²) >= 11 is 3.49. The van der Waals surface area contributed by atoms with Gasteiger partial charge in [0.05, 0.1) is 0 Å². The fourth-order valence-electron chi connectivity index (χ4n) is 2.71. The summed E-state index contributed by atoms with van der Waals surface area (Å²) in [5.74, 6) is 0.0430. The van der Waals surface area contributed by atoms with Crippen molar-refractivity contribution in [3.8, 4) is 0 Å². The lowest BCUT2D eigenvalue weighted by molar-refractivity contribution is 0.0985. The van der Waals surface area contributed by atoms with E-state index in [4.69, 9.17) is 5.73 Å². The molecule has 0 bridgehead atoms. The van der Waals surface area contributed by atoms with Gasteiger partial charge in [-0.15, -0.1) is 0 Å². The average Bonchev–Trinajstić information content (AvgIpc) is 2.48. The largest absolute Gasteiger partial charge is 0.399 e. The highest BCUT2D eigenvalue weighted by Crippen LogP contribution is 2.30. The van der Waals surface area contributed by atoms with Crippen LogP contribution in [0.15, 0.2) is 40.9 Å². The molecule has 0 aromatic heterocycles. The van der Waals surface area contributed by atoms with Crippen LogP contribution in [0.5, 0.6) is 0 Å². The standard InChI is InChI=1S/C17H17BrN2O/c1-11-4-5-13(10-15(11)18)17(21)20-8-2-3-12-9-14(19)6-7-16(12)20/h4-7,9-10H,2-3,8,19H2,1H3. The average molecular weight is 345 g/mol. The highest BCUT2D eigenvalue weighted by molar-refractivity contribution is 9.10. The van der Waals surface area contributed by atoms with E-state index in [2.05, 4.69) is 15.9 Å². The zero-order chi connectivity index (χ0) is 15.0. The lowest BCUT2D eigenvalue weighted by atomic mass is 10.00. The van der Waals surface area contributed by atoms with Crippen molar-refractivity contribution in [2.75, 3.05) is 17.2 Å². The van der Waals surface area contributed by atoms with Crippen molar-refractivity contribution >= 4 is 33.2 Å². The number of fused-ring (bicyclic) bond motifs is 1. The second kappa shape index (κ2) is 5.53. The number of nitrogens with zero attached hydrogens (tertiary/aromatic N) is 1. The first-order chi connectivity index (χ1) is 10.1. The van der Waals surface area contributed by atoms with Crippen LogP contribution in [0.4, 0.5) is 11.4 Å². The molecule has 1 aliphatic rings. The molecule has 4 heteroatoms. The topological polar surface area (TPSA) is 46.3 Å². The summed E-state index contributed by atoms with van der Waals surface area (Å²) in [6.07, 6.45) is 1.94. The number of benzene rings is 2. The second-order valence-electron chi connectivity index (χ2n) is 5.41. The van der Waals surface area contributed by atoms with Gasteiger partial charge in [-0.25, -0.2) is 0 Å². The summed E-state index contributed by atoms with van der Waals surface area (Å²) in [6.45, 7) is 2.76. The monoisotopic (exact) mass is 344 g/mol. The molecule has 108 valence electrons. The van der Waals surface area contributed by atoms with Crippen LogP contribution in [0.3, 0.4) is 0 Å². The first-order valence-electron chi connectivity index (χ1n) is 7.02. The molecule has 1 heterocycles. The van der Waals surface area contributed by atoms with Gasteiger partial charge in [-0.05, 0) is 61.2 Å². The van der Waals surface area contributed by atoms with Crippen LogP contribution in [0.25, 0.3) is 0 Å². The van der Waals surface area contributed by atoms with Crippen molar-refractivity contribution in [2.24, 2.45) is 0 Å². The van der Waals surface area contributed by atoms with Crippen molar-refractivity contribution in [3.05, 3.63) is 57.6 Å². The minimum Gasteiger partial charge on any atom is -0.399 e. The van der Waals surface area contributed by atoms with Crippen LogP contribution < -0.4 is 10.6 Å². The third-order valence-electron chi connectivity index (χ3n) is 3.89. The van der Waals surface area contributed by atoms with Crippen molar-refractivity contribution in [1.82, 2.24) is 0 Å². The highest BCUT2D eigenvalue weighted by atomic mass is 79.9. The Morgan fingerprint density at radius 1 is 1.24 bits per heavy atom. The zero-order valence-corrected chi connectivity index (χ0v) is 13.5. The predicted octanol–water partition coefficient (Wildman–Crippen LogP) is 3.93. The minimum atomic E-state index is 0.0430. The van der Waals surface area contributed by atoms with E-state index < -0.39 is 0 Å². The van der Waals surface area contributed by atoms with Crippen LogP contribution >= 0.6 is 15.9 Å². The van der Waals surface area contributed by atoms with Gasteiger partial charge in [0, 0.05) is 28.0 Å². The summed E-state index contributed by atoms with van der Waals surface area (Å²) in [5.41, 5.74) is 10.6. The van der Waals surface area contributed by atoms with Crippen molar-refractivity contribution in [3.63, 3.8) is 0 Å². The van der Waals surface area contributed by atoms with Gasteiger partial charge in [0.1, 0.15) is 0 Å². The van der Waals surface area contributed by atoms with Gasteiger partial charge in [-0.3, -0.25) is 4.79 Å². The zero-order valence-electron chi connectivity index (χ0n) is 11.9. The number of carbonyl (C=O) groups excluding carboxylic acids is 1. The van der Waals surface area contributed by atoms with E-state index in [0.29, 0.717) is 5.56 Å². The third kappa shape index (κ3) is 2.68. The van der Waals surface area contributed by atoms with E-state index in [1.165, 1.54) is 0 Å². The molecule has 3 rings (SSSR count). The summed E-state index contributed by atoms with van der Waals surface area (Å²) in [5, 5.41) is 0. The molecule has 21 heavy (non-hydrogen) atoms. The Bertz CT molecular complexity index is 712. The van der Waals surface area contributed by atoms with E-state index in [-0.39, 0.29) is 5.91 Å². The molecule has 0 aliphatic carbocycles. The number of anilines is 2. The smallest absolute Gasteiger partial charge is 0.258 e. The quantitative estimate of drug-likeness (QED) is 0.796. The molecule has 0 spiro atoms. The molecular formula is C17H17BrN2O. The molecule has 0 fully saturated rings. The Kier molecular flexibility index (Phi) is 3.72. The minimum absolute atomic E-state index is 0.0430. The molecule has 1 aliphatic heterocycles. The molecular weight excluding hydrogens is 328 g/mol. The van der Waals surface area contributed by atoms with Crippen LogP contribution in [0.2, 0.25) is 0 Å². The first-order valence-corrected chi connectivity index (χ1v) is 7.82. The third-order valence-corrected chi connectivity index (χ3v) is 4.74. The van der Waals surface area contributed by atoms with Gasteiger partial charge in [0.25, 0.3) is 5.91 Å². The highest BCUT2D eigenvalue weighted by Gasteiger charge is 2.23. The summed E-state index contributed by atoms with van der Waals surface area (Å²) in [7, 11) is 0. The maximum Gasteiger partial charge on any atom is 0.258 e. The molecule has 1 amide bonds. The Labute approximate surface area is 132 Å². The summed E-state index contributed by atoms with van der Waals surface area (Å²) in [4.78, 5) is 14.6. The van der Waals surface area contributed by atoms with E-state index in [9.17, 15) is 4.79 Å². The predicted molar refractivity (Wildman–Crippen MR) is 89.7 cm³/mol. The van der Waals surface area contributed by atoms with Gasteiger partial charge < -0.3 is 10.6 Å². The fourth-order valence-corrected chi connectivity index (χ4v) is 3.09. The first kappa shape index (κ1) is 14.1. The second-order valence-corrected chi connectivity index (χ2v) is 6.27. The van der Waals surface area contributed by atoms with Crippen LogP contribution in [0, 0.1) is 6.92 Å². The van der Waals surface area contributed by atoms with E-state index in [1.807, 2.05) is 48.2 Å². The molecule has 0 atom stereocenters. The molecule has 0 unspecified atom stereocenters. The number of aryl methyl sites for hydroxylation is 2. The van der Waals surface area contributed by atoms with E-state index in [1.54, 1.807) is 0 Å². The molecule has 2 aromatic rings. The molecule has 2 aromatic carbocycles. The number of hydrogen-bond acceptors (Lipinski definition) is 2. The fraction of sp³-hybridized carbons (Fsp3) is 0.235. The van der Waals surface area contributed by atoms with Crippen molar-refractivity contribution in [1.29, 1.82) is 0 Å². The normalized spacial score (nSPS) is 13.9. The van der Waals surface area contributed by atoms with Crippen LogP contribution in [0.1, 0.15) is 27.9 Å². The van der Waals surface area contributed by atoms with E-state index in [0.717, 1.165) is 46.4 Å². The van der Waals surface area contributed by atoms with Crippen molar-refractivity contribution in [2.45, 2.75) is 19.8 Å². The molecule has 0 saturated carbocycles. The number of amides is 1. The van der Waals surface area contributed by atoms with Gasteiger partial charge in [0.2, 0.25) is 0 Å². The number of hydrogen-bond donors (Lipinski definition) is 1. The molecule has 0 saturated heterocycles. The number of nitrogens with two attached hydrogens (primary N) is 1. The Morgan fingerprint density at radius 3 is 2.81 bits per heavy atom. The summed E-state index contributed by atoms with van der Waals surface area (Å²) < 4.78 is 0.961. The van der Waals surface area contributed by atoms with Crippen LogP contribution in [-0.2, 0) is 6.42 Å². The maximum absolute atomic E-state index is 12.8. The van der Waals surface area contributed by atoms with E-state index >= 15 is 0 Å². The lowest BCUT2D eigenvalue weighted by Gasteiger charge is -2.30. The number of carbonyl (C=O) groups is 1. The van der Waals surface area contributed by atoms with Crippen LogP contribution in [-0.4, -0.2) is 12.5 Å². The molecule has 3 nitrogen and oxygen atoms in total. The number of halogens is 1.